The number of aromatic nitrogens is 2. The van der Waals surface area contributed by atoms with E-state index in [1.165, 1.54) is 10.8 Å². The largest absolute Gasteiger partial charge is 0.352 e. The smallest absolute Gasteiger partial charge is 0.224 e. The average molecular weight is 341 g/mol. The molecule has 4 rings (SSSR count). The van der Waals surface area contributed by atoms with Crippen molar-refractivity contribution >= 4 is 16.7 Å². The lowest BCUT2D eigenvalue weighted by Crippen LogP contribution is -2.24. The van der Waals surface area contributed by atoms with E-state index in [1.807, 2.05) is 48.7 Å². The average Bonchev–Trinajstić information content (AvgIpc) is 3.22. The molecule has 0 saturated carbocycles. The summed E-state index contributed by atoms with van der Waals surface area (Å²) in [6, 6.07) is 24.2. The van der Waals surface area contributed by atoms with E-state index in [4.69, 9.17) is 0 Å². The van der Waals surface area contributed by atoms with Gasteiger partial charge in [0.1, 0.15) is 0 Å². The molecule has 1 aromatic heterocycles. The molecule has 1 heterocycles. The van der Waals surface area contributed by atoms with E-state index < -0.39 is 0 Å². The van der Waals surface area contributed by atoms with Crippen molar-refractivity contribution in [1.29, 1.82) is 0 Å². The maximum atomic E-state index is 12.2. The first-order valence-corrected chi connectivity index (χ1v) is 8.61. The molecule has 1 N–H and O–H groups in total. The predicted octanol–water partition coefficient (Wildman–Crippen LogP) is 3.88. The Kier molecular flexibility index (Phi) is 4.48. The number of nitrogens with one attached hydrogen (secondary N) is 1. The van der Waals surface area contributed by atoms with E-state index in [-0.39, 0.29) is 5.91 Å². The summed E-state index contributed by atoms with van der Waals surface area (Å²) in [6.45, 7) is 0.537. The number of nitrogens with zero attached hydrogens (tertiary/aromatic N) is 2. The molecule has 4 aromatic rings. The van der Waals surface area contributed by atoms with Gasteiger partial charge in [-0.1, -0.05) is 48.5 Å². The number of fused-ring (bicyclic) bond motifs is 1. The maximum absolute atomic E-state index is 12.2. The highest BCUT2D eigenvalue weighted by molar-refractivity contribution is 5.83. The van der Waals surface area contributed by atoms with E-state index in [0.717, 1.165) is 16.8 Å². The molecule has 3 aromatic carbocycles. The summed E-state index contributed by atoms with van der Waals surface area (Å²) in [6.07, 6.45) is 4.01. The lowest BCUT2D eigenvalue weighted by atomic mass is 10.1. The van der Waals surface area contributed by atoms with Crippen LogP contribution in [0.5, 0.6) is 0 Å². The monoisotopic (exact) mass is 341 g/mol. The third-order valence-corrected chi connectivity index (χ3v) is 4.37. The molecule has 0 bridgehead atoms. The topological polar surface area (TPSA) is 46.9 Å². The van der Waals surface area contributed by atoms with Gasteiger partial charge in [0.2, 0.25) is 5.91 Å². The summed E-state index contributed by atoms with van der Waals surface area (Å²) in [5.41, 5.74) is 3.07. The summed E-state index contributed by atoms with van der Waals surface area (Å²) in [5, 5.41) is 9.59. The number of hydrogen-bond acceptors (Lipinski definition) is 2. The van der Waals surface area contributed by atoms with Crippen LogP contribution in [-0.4, -0.2) is 15.7 Å². The zero-order valence-corrected chi connectivity index (χ0v) is 14.3. The molecule has 0 atom stereocenters. The van der Waals surface area contributed by atoms with E-state index in [2.05, 4.69) is 40.7 Å². The second-order valence-electron chi connectivity index (χ2n) is 6.25. The normalized spacial score (nSPS) is 10.8. The number of hydrogen-bond donors (Lipinski definition) is 1. The molecule has 4 nitrogen and oxygen atoms in total. The zero-order valence-electron chi connectivity index (χ0n) is 14.3. The Bertz CT molecular complexity index is 1020. The molecule has 0 aliphatic rings. The molecule has 128 valence electrons. The van der Waals surface area contributed by atoms with Crippen molar-refractivity contribution in [2.75, 3.05) is 0 Å². The van der Waals surface area contributed by atoms with Gasteiger partial charge in [-0.15, -0.1) is 0 Å². The minimum absolute atomic E-state index is 0.0185. The van der Waals surface area contributed by atoms with Crippen LogP contribution >= 0.6 is 0 Å². The minimum Gasteiger partial charge on any atom is -0.352 e. The Hall–Kier alpha value is -3.40. The molecule has 0 saturated heterocycles. The van der Waals surface area contributed by atoms with Gasteiger partial charge in [-0.25, -0.2) is 4.68 Å². The van der Waals surface area contributed by atoms with E-state index in [1.54, 1.807) is 10.9 Å². The van der Waals surface area contributed by atoms with Gasteiger partial charge in [0.05, 0.1) is 12.1 Å². The Labute approximate surface area is 152 Å². The summed E-state index contributed by atoms with van der Waals surface area (Å²) < 4.78 is 1.80. The number of amides is 1. The van der Waals surface area contributed by atoms with Crippen molar-refractivity contribution in [3.63, 3.8) is 0 Å². The van der Waals surface area contributed by atoms with Gasteiger partial charge in [-0.3, -0.25) is 4.79 Å². The standard InChI is InChI=1S/C22H19N3O/c26-22(15-17-7-10-21(11-8-17)25-13-3-12-24-25)23-16-18-6-9-19-4-1-2-5-20(19)14-18/h1-14H,15-16H2,(H,23,26). The Morgan fingerprint density at radius 1 is 0.885 bits per heavy atom. The lowest BCUT2D eigenvalue weighted by molar-refractivity contribution is -0.120. The van der Waals surface area contributed by atoms with Crippen molar-refractivity contribution in [3.8, 4) is 5.69 Å². The fourth-order valence-electron chi connectivity index (χ4n) is 2.99. The van der Waals surface area contributed by atoms with Gasteiger partial charge in [0.25, 0.3) is 0 Å². The van der Waals surface area contributed by atoms with Gasteiger partial charge >= 0.3 is 0 Å². The fraction of sp³-hybridized carbons (Fsp3) is 0.0909. The molecule has 0 fully saturated rings. The highest BCUT2D eigenvalue weighted by Crippen LogP contribution is 2.15. The predicted molar refractivity (Wildman–Crippen MR) is 103 cm³/mol. The lowest BCUT2D eigenvalue weighted by Gasteiger charge is -2.08. The number of benzene rings is 3. The molecule has 1 amide bonds. The van der Waals surface area contributed by atoms with Crippen LogP contribution in [-0.2, 0) is 17.8 Å². The number of carbonyl (C=O) groups is 1. The first-order valence-electron chi connectivity index (χ1n) is 8.61. The minimum atomic E-state index is 0.0185. The SMILES string of the molecule is O=C(Cc1ccc(-n2cccn2)cc1)NCc1ccc2ccccc2c1. The summed E-state index contributed by atoms with van der Waals surface area (Å²) in [5.74, 6) is 0.0185. The molecule has 0 unspecified atom stereocenters. The maximum Gasteiger partial charge on any atom is 0.224 e. The molecule has 0 aliphatic carbocycles. The van der Waals surface area contributed by atoms with Gasteiger partial charge in [-0.05, 0) is 46.2 Å². The van der Waals surface area contributed by atoms with Crippen LogP contribution in [0, 0.1) is 0 Å². The van der Waals surface area contributed by atoms with Crippen LogP contribution in [0.3, 0.4) is 0 Å². The zero-order chi connectivity index (χ0) is 17.8. The van der Waals surface area contributed by atoms with Gasteiger partial charge in [-0.2, -0.15) is 5.10 Å². The van der Waals surface area contributed by atoms with E-state index >= 15 is 0 Å². The summed E-state index contributed by atoms with van der Waals surface area (Å²) in [7, 11) is 0. The first-order chi connectivity index (χ1) is 12.8. The number of rotatable bonds is 5. The summed E-state index contributed by atoms with van der Waals surface area (Å²) >= 11 is 0. The van der Waals surface area contributed by atoms with Gasteiger partial charge < -0.3 is 5.32 Å². The third kappa shape index (κ3) is 3.64. The highest BCUT2D eigenvalue weighted by Gasteiger charge is 2.05. The number of carbonyl (C=O) groups excluding carboxylic acids is 1. The fourth-order valence-corrected chi connectivity index (χ4v) is 2.99. The van der Waals surface area contributed by atoms with Crippen LogP contribution in [0.2, 0.25) is 0 Å². The second-order valence-corrected chi connectivity index (χ2v) is 6.25. The summed E-state index contributed by atoms with van der Waals surface area (Å²) in [4.78, 5) is 12.2. The van der Waals surface area contributed by atoms with Crippen LogP contribution < -0.4 is 5.32 Å². The molecule has 26 heavy (non-hydrogen) atoms. The van der Waals surface area contributed by atoms with Gasteiger partial charge in [0.15, 0.2) is 0 Å². The molecular formula is C22H19N3O. The van der Waals surface area contributed by atoms with Gasteiger partial charge in [0, 0.05) is 18.9 Å². The molecular weight excluding hydrogens is 322 g/mol. The van der Waals surface area contributed by atoms with Crippen molar-refractivity contribution in [3.05, 3.63) is 96.3 Å². The Morgan fingerprint density at radius 3 is 2.42 bits per heavy atom. The van der Waals surface area contributed by atoms with Crippen LogP contribution in [0.1, 0.15) is 11.1 Å². The van der Waals surface area contributed by atoms with Crippen molar-refractivity contribution < 1.29 is 4.79 Å². The molecule has 0 aliphatic heterocycles. The van der Waals surface area contributed by atoms with E-state index in [0.29, 0.717) is 13.0 Å². The van der Waals surface area contributed by atoms with Crippen molar-refractivity contribution in [2.24, 2.45) is 0 Å². The molecule has 0 radical (unpaired) electrons. The second kappa shape index (κ2) is 7.23. The Balaban J connectivity index is 1.36. The highest BCUT2D eigenvalue weighted by atomic mass is 16.1. The first kappa shape index (κ1) is 16.1. The van der Waals surface area contributed by atoms with Crippen LogP contribution in [0.15, 0.2) is 85.2 Å². The van der Waals surface area contributed by atoms with Crippen molar-refractivity contribution in [1.82, 2.24) is 15.1 Å². The third-order valence-electron chi connectivity index (χ3n) is 4.37. The molecule has 4 heteroatoms. The van der Waals surface area contributed by atoms with Crippen LogP contribution in [0.25, 0.3) is 16.5 Å². The Morgan fingerprint density at radius 2 is 1.65 bits per heavy atom. The van der Waals surface area contributed by atoms with Crippen molar-refractivity contribution in [2.45, 2.75) is 13.0 Å². The molecule has 0 spiro atoms. The van der Waals surface area contributed by atoms with E-state index in [9.17, 15) is 4.79 Å². The quantitative estimate of drug-likeness (QED) is 0.599. The van der Waals surface area contributed by atoms with Crippen LogP contribution in [0.4, 0.5) is 0 Å².